The molecule has 0 saturated heterocycles. The predicted octanol–water partition coefficient (Wildman–Crippen LogP) is 9.04. The van der Waals surface area contributed by atoms with E-state index in [9.17, 15) is 9.59 Å². The fourth-order valence-electron chi connectivity index (χ4n) is 6.69. The summed E-state index contributed by atoms with van der Waals surface area (Å²) in [5.74, 6) is -0.625. The number of nitrogens with zero attached hydrogens (tertiary/aromatic N) is 3. The molecule has 2 heterocycles. The van der Waals surface area contributed by atoms with E-state index in [1.807, 2.05) is 88.4 Å². The first-order valence-electron chi connectivity index (χ1n) is 13.9. The summed E-state index contributed by atoms with van der Waals surface area (Å²) in [6.45, 7) is 15.4. The molecule has 0 unspecified atom stereocenters. The predicted molar refractivity (Wildman–Crippen MR) is 169 cm³/mol. The van der Waals surface area contributed by atoms with Crippen LogP contribution < -0.4 is 4.90 Å². The SMILES string of the molecule is [C-]#[N+]c1ccc(-c2cccc3c4ccccc4n(-c4cccc5c4C(=O)N(c4c(C)cc(C)cc4C)C5=O)c23)c(C)c1. The van der Waals surface area contributed by atoms with Crippen LogP contribution in [0.1, 0.15) is 43.0 Å². The van der Waals surface area contributed by atoms with Crippen LogP contribution in [0, 0.1) is 34.3 Å². The van der Waals surface area contributed by atoms with Crippen LogP contribution >= 0.6 is 0 Å². The van der Waals surface area contributed by atoms with Crippen LogP contribution in [-0.2, 0) is 0 Å². The quantitative estimate of drug-likeness (QED) is 0.165. The summed E-state index contributed by atoms with van der Waals surface area (Å²) in [6.07, 6.45) is 0. The maximum absolute atomic E-state index is 14.3. The number of imide groups is 1. The number of rotatable bonds is 3. The van der Waals surface area contributed by atoms with Crippen LogP contribution in [0.15, 0.2) is 91.0 Å². The smallest absolute Gasteiger partial charge is 0.268 e. The van der Waals surface area contributed by atoms with Gasteiger partial charge in [-0.2, -0.15) is 0 Å². The van der Waals surface area contributed by atoms with Crippen molar-refractivity contribution in [2.24, 2.45) is 0 Å². The van der Waals surface area contributed by atoms with E-state index in [1.54, 1.807) is 6.07 Å². The monoisotopic (exact) mass is 545 g/mol. The average molecular weight is 546 g/mol. The molecule has 5 heteroatoms. The first-order chi connectivity index (χ1) is 20.3. The molecule has 0 saturated carbocycles. The molecule has 6 aromatic rings. The molecule has 0 N–H and O–H groups in total. The first-order valence-corrected chi connectivity index (χ1v) is 13.9. The Morgan fingerprint density at radius 2 is 1.33 bits per heavy atom. The molecule has 0 atom stereocenters. The fraction of sp³-hybridized carbons (Fsp3) is 0.108. The molecule has 0 bridgehead atoms. The van der Waals surface area contributed by atoms with Gasteiger partial charge in [-0.05, 0) is 62.6 Å². The Morgan fingerprint density at radius 3 is 2.07 bits per heavy atom. The highest BCUT2D eigenvalue weighted by Crippen LogP contribution is 2.42. The summed E-state index contributed by atoms with van der Waals surface area (Å²) < 4.78 is 2.13. The highest BCUT2D eigenvalue weighted by Gasteiger charge is 2.40. The third-order valence-electron chi connectivity index (χ3n) is 8.32. The van der Waals surface area contributed by atoms with Gasteiger partial charge in [-0.3, -0.25) is 9.59 Å². The van der Waals surface area contributed by atoms with Crippen molar-refractivity contribution in [3.8, 4) is 16.8 Å². The highest BCUT2D eigenvalue weighted by atomic mass is 16.2. The number of aromatic nitrogens is 1. The summed E-state index contributed by atoms with van der Waals surface area (Å²) >= 11 is 0. The number of fused-ring (bicyclic) bond motifs is 4. The molecule has 7 rings (SSSR count). The summed E-state index contributed by atoms with van der Waals surface area (Å²) in [6, 6.07) is 29.7. The van der Waals surface area contributed by atoms with Crippen molar-refractivity contribution >= 4 is 45.0 Å². The zero-order valence-corrected chi connectivity index (χ0v) is 23.8. The van der Waals surface area contributed by atoms with E-state index in [0.29, 0.717) is 28.2 Å². The van der Waals surface area contributed by atoms with Gasteiger partial charge in [0.15, 0.2) is 5.69 Å². The van der Waals surface area contributed by atoms with Gasteiger partial charge < -0.3 is 4.57 Å². The van der Waals surface area contributed by atoms with Crippen LogP contribution in [0.4, 0.5) is 11.4 Å². The van der Waals surface area contributed by atoms with Crippen LogP contribution in [0.3, 0.4) is 0 Å². The van der Waals surface area contributed by atoms with Crippen molar-refractivity contribution in [3.05, 3.63) is 136 Å². The first kappa shape index (κ1) is 25.5. The van der Waals surface area contributed by atoms with E-state index < -0.39 is 0 Å². The van der Waals surface area contributed by atoms with Crippen molar-refractivity contribution in [3.63, 3.8) is 0 Å². The third-order valence-corrected chi connectivity index (χ3v) is 8.32. The lowest BCUT2D eigenvalue weighted by Crippen LogP contribution is -2.31. The van der Waals surface area contributed by atoms with E-state index in [2.05, 4.69) is 33.7 Å². The minimum atomic E-state index is -0.318. The van der Waals surface area contributed by atoms with Crippen molar-refractivity contribution in [2.75, 3.05) is 4.90 Å². The lowest BCUT2D eigenvalue weighted by molar-refractivity contribution is 0.0925. The van der Waals surface area contributed by atoms with Gasteiger partial charge in [0.2, 0.25) is 0 Å². The minimum Gasteiger partial charge on any atom is -0.308 e. The number of hydrogen-bond acceptors (Lipinski definition) is 2. The Bertz CT molecular complexity index is 2170. The number of carbonyl (C=O) groups excluding carboxylic acids is 2. The van der Waals surface area contributed by atoms with Gasteiger partial charge in [0.1, 0.15) is 0 Å². The largest absolute Gasteiger partial charge is 0.308 e. The number of carbonyl (C=O) groups is 2. The molecule has 1 aromatic heterocycles. The second kappa shape index (κ2) is 9.29. The van der Waals surface area contributed by atoms with E-state index in [1.165, 1.54) is 4.90 Å². The molecule has 0 spiro atoms. The van der Waals surface area contributed by atoms with Gasteiger partial charge in [-0.15, -0.1) is 0 Å². The van der Waals surface area contributed by atoms with Gasteiger partial charge >= 0.3 is 0 Å². The van der Waals surface area contributed by atoms with Crippen molar-refractivity contribution in [2.45, 2.75) is 27.7 Å². The van der Waals surface area contributed by atoms with Gasteiger partial charge in [-0.25, -0.2) is 9.74 Å². The lowest BCUT2D eigenvalue weighted by atomic mass is 9.97. The number of benzene rings is 5. The van der Waals surface area contributed by atoms with Crippen LogP contribution in [0.5, 0.6) is 0 Å². The number of aryl methyl sites for hydroxylation is 4. The molecule has 5 aromatic carbocycles. The normalized spacial score (nSPS) is 12.8. The standard InChI is InChI=1S/C37H27N3O2/c1-21-18-23(3)34(24(4)19-21)40-36(41)30-13-9-15-32(33(30)37(40)42)39-31-14-7-6-10-27(31)29-12-8-11-28(35(29)39)26-17-16-25(38-5)20-22(26)2/h6-20H,1-4H3. The minimum absolute atomic E-state index is 0.307. The molecule has 0 radical (unpaired) electrons. The molecule has 5 nitrogen and oxygen atoms in total. The van der Waals surface area contributed by atoms with E-state index >= 15 is 0 Å². The number of hydrogen-bond donors (Lipinski definition) is 0. The van der Waals surface area contributed by atoms with Crippen molar-refractivity contribution in [1.82, 2.24) is 4.57 Å². The van der Waals surface area contributed by atoms with E-state index in [0.717, 1.165) is 55.2 Å². The highest BCUT2D eigenvalue weighted by molar-refractivity contribution is 6.36. The average Bonchev–Trinajstić information content (AvgIpc) is 3.44. The van der Waals surface area contributed by atoms with Gasteiger partial charge in [0, 0.05) is 16.3 Å². The zero-order chi connectivity index (χ0) is 29.3. The Balaban J connectivity index is 1.54. The van der Waals surface area contributed by atoms with Crippen molar-refractivity contribution < 1.29 is 9.59 Å². The van der Waals surface area contributed by atoms with E-state index in [-0.39, 0.29) is 11.8 Å². The molecular formula is C37H27N3O2. The Labute approximate surface area is 244 Å². The van der Waals surface area contributed by atoms with Crippen LogP contribution in [0.2, 0.25) is 0 Å². The maximum atomic E-state index is 14.3. The van der Waals surface area contributed by atoms with Crippen molar-refractivity contribution in [1.29, 1.82) is 0 Å². The van der Waals surface area contributed by atoms with Crippen LogP contribution in [0.25, 0.3) is 43.5 Å². The zero-order valence-electron chi connectivity index (χ0n) is 23.8. The van der Waals surface area contributed by atoms with Gasteiger partial charge in [0.05, 0.1) is 40.1 Å². The number of para-hydroxylation sites is 2. The second-order valence-corrected chi connectivity index (χ2v) is 11.1. The molecule has 1 aliphatic rings. The third kappa shape index (κ3) is 3.55. The molecule has 2 amide bonds. The Hall–Kier alpha value is -5.47. The molecular weight excluding hydrogens is 518 g/mol. The second-order valence-electron chi connectivity index (χ2n) is 11.1. The summed E-state index contributed by atoms with van der Waals surface area (Å²) in [4.78, 5) is 33.2. The summed E-state index contributed by atoms with van der Waals surface area (Å²) in [7, 11) is 0. The molecule has 0 aliphatic carbocycles. The van der Waals surface area contributed by atoms with Gasteiger partial charge in [-0.1, -0.05) is 83.9 Å². The fourth-order valence-corrected chi connectivity index (χ4v) is 6.69. The number of anilines is 1. The Morgan fingerprint density at radius 1 is 0.643 bits per heavy atom. The molecule has 42 heavy (non-hydrogen) atoms. The topological polar surface area (TPSA) is 46.7 Å². The Kier molecular flexibility index (Phi) is 5.64. The van der Waals surface area contributed by atoms with Crippen LogP contribution in [-0.4, -0.2) is 16.4 Å². The van der Waals surface area contributed by atoms with E-state index in [4.69, 9.17) is 6.57 Å². The molecule has 0 fully saturated rings. The lowest BCUT2D eigenvalue weighted by Gasteiger charge is -2.20. The molecule has 1 aliphatic heterocycles. The summed E-state index contributed by atoms with van der Waals surface area (Å²) in [5.41, 5.74) is 10.5. The molecule has 202 valence electrons. The van der Waals surface area contributed by atoms with Gasteiger partial charge in [0.25, 0.3) is 11.8 Å². The maximum Gasteiger partial charge on any atom is 0.268 e. The number of amides is 2. The summed E-state index contributed by atoms with van der Waals surface area (Å²) in [5, 5.41) is 2.11.